The Morgan fingerprint density at radius 2 is 1.76 bits per heavy atom. The Hall–Kier alpha value is -3.33. The van der Waals surface area contributed by atoms with E-state index >= 15 is 0 Å². The molecular weight excluding hydrogens is 448 g/mol. The fourth-order valence-corrected chi connectivity index (χ4v) is 5.43. The number of carbonyl (C=O) groups is 2. The molecule has 1 saturated heterocycles. The van der Waals surface area contributed by atoms with Gasteiger partial charge in [-0.2, -0.15) is 0 Å². The maximum atomic E-state index is 13.5. The van der Waals surface area contributed by atoms with E-state index < -0.39 is 0 Å². The minimum atomic E-state index is -0.243. The molecule has 0 aliphatic carbocycles. The lowest BCUT2D eigenvalue weighted by Crippen LogP contribution is -2.40. The number of amides is 2. The van der Waals surface area contributed by atoms with Crippen LogP contribution in [0.15, 0.2) is 59.8 Å². The Labute approximate surface area is 203 Å². The Balaban J connectivity index is 1.41. The lowest BCUT2D eigenvalue weighted by atomic mass is 10.1. The first-order chi connectivity index (χ1) is 16.6. The van der Waals surface area contributed by atoms with Crippen molar-refractivity contribution in [1.82, 2.24) is 14.8 Å². The lowest BCUT2D eigenvalue weighted by molar-refractivity contribution is -0.117. The minimum absolute atomic E-state index is 0.0661. The van der Waals surface area contributed by atoms with Crippen LogP contribution >= 0.6 is 11.8 Å². The molecule has 3 aromatic rings. The maximum Gasteiger partial charge on any atom is 0.237 e. The quantitative estimate of drug-likeness (QED) is 0.558. The van der Waals surface area contributed by atoms with Crippen LogP contribution in [0.5, 0.6) is 0 Å². The molecule has 2 aliphatic rings. The molecule has 0 bridgehead atoms. The van der Waals surface area contributed by atoms with Crippen molar-refractivity contribution in [2.24, 2.45) is 0 Å². The first-order valence-electron chi connectivity index (χ1n) is 11.7. The smallest absolute Gasteiger partial charge is 0.237 e. The molecule has 2 aromatic carbocycles. The van der Waals surface area contributed by atoms with E-state index in [4.69, 9.17) is 0 Å². The summed E-state index contributed by atoms with van der Waals surface area (Å²) in [4.78, 5) is 29.7. The highest BCUT2D eigenvalue weighted by Gasteiger charge is 2.30. The van der Waals surface area contributed by atoms with Crippen LogP contribution in [0.3, 0.4) is 0 Å². The monoisotopic (exact) mass is 476 g/mol. The van der Waals surface area contributed by atoms with Crippen molar-refractivity contribution in [2.75, 3.05) is 34.0 Å². The van der Waals surface area contributed by atoms with E-state index in [9.17, 15) is 9.59 Å². The topological polar surface area (TPSA) is 83.4 Å². The number of benzene rings is 2. The van der Waals surface area contributed by atoms with Crippen LogP contribution in [0.4, 0.5) is 17.3 Å². The molecular formula is C25H28N6O2S. The third kappa shape index (κ3) is 4.52. The number of para-hydroxylation sites is 3. The van der Waals surface area contributed by atoms with E-state index in [1.165, 1.54) is 18.2 Å². The van der Waals surface area contributed by atoms with E-state index in [1.54, 1.807) is 4.90 Å². The Bertz CT molecular complexity index is 1180. The molecule has 1 atom stereocenters. The molecule has 8 nitrogen and oxygen atoms in total. The standard InChI is InChI=1S/C25H28N6O2S/c1-18-16-22(32)26-20-12-6-7-13-21(20)30(18)23(33)17-34-25-28-27-24(29-14-8-3-9-15-29)31(25)19-10-4-2-5-11-19/h2,4-7,10-13,18H,3,8-9,14-17H2,1H3,(H,26,32). The molecule has 0 spiro atoms. The summed E-state index contributed by atoms with van der Waals surface area (Å²) >= 11 is 1.38. The van der Waals surface area contributed by atoms with Crippen LogP contribution in [0, 0.1) is 0 Å². The molecule has 176 valence electrons. The number of rotatable bonds is 5. The van der Waals surface area contributed by atoms with Gasteiger partial charge in [0.15, 0.2) is 5.16 Å². The van der Waals surface area contributed by atoms with Crippen molar-refractivity contribution in [3.63, 3.8) is 0 Å². The number of hydrogen-bond acceptors (Lipinski definition) is 6. The first kappa shape index (κ1) is 22.5. The van der Waals surface area contributed by atoms with Crippen molar-refractivity contribution < 1.29 is 9.59 Å². The summed E-state index contributed by atoms with van der Waals surface area (Å²) in [6.07, 6.45) is 3.77. The second kappa shape index (κ2) is 9.89. The molecule has 2 aliphatic heterocycles. The van der Waals surface area contributed by atoms with Crippen LogP contribution < -0.4 is 15.1 Å². The molecule has 1 aromatic heterocycles. The molecule has 9 heteroatoms. The predicted octanol–water partition coefficient (Wildman–Crippen LogP) is 4.11. The molecule has 34 heavy (non-hydrogen) atoms. The van der Waals surface area contributed by atoms with Crippen molar-refractivity contribution >= 4 is 40.9 Å². The molecule has 1 unspecified atom stereocenters. The van der Waals surface area contributed by atoms with Crippen molar-refractivity contribution in [3.05, 3.63) is 54.6 Å². The Kier molecular flexibility index (Phi) is 6.53. The van der Waals surface area contributed by atoms with Gasteiger partial charge in [0.2, 0.25) is 17.8 Å². The van der Waals surface area contributed by atoms with Gasteiger partial charge in [-0.25, -0.2) is 0 Å². The van der Waals surface area contributed by atoms with Gasteiger partial charge in [0, 0.05) is 25.6 Å². The van der Waals surface area contributed by atoms with Gasteiger partial charge in [-0.15, -0.1) is 10.2 Å². The van der Waals surface area contributed by atoms with Gasteiger partial charge >= 0.3 is 0 Å². The van der Waals surface area contributed by atoms with E-state index in [1.807, 2.05) is 66.1 Å². The van der Waals surface area contributed by atoms with Gasteiger partial charge in [-0.3, -0.25) is 14.2 Å². The number of fused-ring (bicyclic) bond motifs is 1. The van der Waals surface area contributed by atoms with Crippen LogP contribution in [-0.2, 0) is 9.59 Å². The van der Waals surface area contributed by atoms with Gasteiger partial charge in [0.1, 0.15) is 0 Å². The van der Waals surface area contributed by atoms with Gasteiger partial charge in [0.25, 0.3) is 0 Å². The number of anilines is 3. The molecule has 1 N–H and O–H groups in total. The zero-order valence-corrected chi connectivity index (χ0v) is 20.0. The van der Waals surface area contributed by atoms with Crippen LogP contribution in [0.1, 0.15) is 32.6 Å². The molecule has 1 fully saturated rings. The van der Waals surface area contributed by atoms with Gasteiger partial charge in [0.05, 0.1) is 22.8 Å². The van der Waals surface area contributed by atoms with Crippen LogP contribution in [0.2, 0.25) is 0 Å². The first-order valence-corrected chi connectivity index (χ1v) is 12.7. The van der Waals surface area contributed by atoms with Crippen molar-refractivity contribution in [2.45, 2.75) is 43.8 Å². The number of nitrogens with zero attached hydrogens (tertiary/aromatic N) is 5. The number of thioether (sulfide) groups is 1. The number of aromatic nitrogens is 3. The normalized spacial score (nSPS) is 18.3. The summed E-state index contributed by atoms with van der Waals surface area (Å²) < 4.78 is 2.05. The van der Waals surface area contributed by atoms with E-state index in [-0.39, 0.29) is 30.0 Å². The molecule has 3 heterocycles. The van der Waals surface area contributed by atoms with Crippen molar-refractivity contribution in [3.8, 4) is 5.69 Å². The molecule has 5 rings (SSSR count). The average Bonchev–Trinajstić information content (AvgIpc) is 3.23. The molecule has 0 radical (unpaired) electrons. The number of hydrogen-bond donors (Lipinski definition) is 1. The Morgan fingerprint density at radius 1 is 1.03 bits per heavy atom. The van der Waals surface area contributed by atoms with Crippen molar-refractivity contribution in [1.29, 1.82) is 0 Å². The summed E-state index contributed by atoms with van der Waals surface area (Å²) in [5, 5.41) is 12.6. The summed E-state index contributed by atoms with van der Waals surface area (Å²) in [5.74, 6) is 0.864. The summed E-state index contributed by atoms with van der Waals surface area (Å²) in [5.41, 5.74) is 2.37. The van der Waals surface area contributed by atoms with Crippen LogP contribution in [-0.4, -0.2) is 51.5 Å². The molecule has 2 amide bonds. The number of carbonyl (C=O) groups excluding carboxylic acids is 2. The average molecular weight is 477 g/mol. The molecule has 0 saturated carbocycles. The number of nitrogens with one attached hydrogen (secondary N) is 1. The highest BCUT2D eigenvalue weighted by molar-refractivity contribution is 7.99. The third-order valence-electron chi connectivity index (χ3n) is 6.22. The summed E-state index contributed by atoms with van der Waals surface area (Å²) in [6.45, 7) is 3.82. The summed E-state index contributed by atoms with van der Waals surface area (Å²) in [7, 11) is 0. The van der Waals surface area contributed by atoms with Gasteiger partial charge in [-0.1, -0.05) is 42.1 Å². The van der Waals surface area contributed by atoms with Gasteiger partial charge < -0.3 is 15.1 Å². The summed E-state index contributed by atoms with van der Waals surface area (Å²) in [6, 6.07) is 17.2. The zero-order valence-electron chi connectivity index (χ0n) is 19.2. The second-order valence-corrected chi connectivity index (χ2v) is 9.61. The van der Waals surface area contributed by atoms with Gasteiger partial charge in [-0.05, 0) is 50.5 Å². The SMILES string of the molecule is CC1CC(=O)Nc2ccccc2N1C(=O)CSc1nnc(N2CCCCC2)n1-c1ccccc1. The van der Waals surface area contributed by atoms with E-state index in [0.29, 0.717) is 10.8 Å². The lowest BCUT2D eigenvalue weighted by Gasteiger charge is -2.28. The van der Waals surface area contributed by atoms with Crippen LogP contribution in [0.25, 0.3) is 5.69 Å². The second-order valence-electron chi connectivity index (χ2n) is 8.67. The zero-order chi connectivity index (χ0) is 23.5. The fourth-order valence-electron chi connectivity index (χ4n) is 4.62. The highest BCUT2D eigenvalue weighted by atomic mass is 32.2. The Morgan fingerprint density at radius 3 is 2.56 bits per heavy atom. The van der Waals surface area contributed by atoms with E-state index in [0.717, 1.165) is 43.3 Å². The predicted molar refractivity (Wildman–Crippen MR) is 135 cm³/mol. The third-order valence-corrected chi connectivity index (χ3v) is 7.14. The highest BCUT2D eigenvalue weighted by Crippen LogP contribution is 2.33. The number of piperidine rings is 1. The maximum absolute atomic E-state index is 13.5. The minimum Gasteiger partial charge on any atom is -0.341 e. The largest absolute Gasteiger partial charge is 0.341 e. The fraction of sp³-hybridized carbons (Fsp3) is 0.360. The van der Waals surface area contributed by atoms with E-state index in [2.05, 4.69) is 20.4 Å².